The van der Waals surface area contributed by atoms with Crippen LogP contribution in [0.15, 0.2) is 0 Å². The minimum atomic E-state index is -0.626. The first kappa shape index (κ1) is 7.01. The molecule has 1 aromatic rings. The Hall–Kier alpha value is -1.10. The van der Waals surface area contributed by atoms with Crippen LogP contribution in [0.25, 0.3) is 0 Å². The lowest BCUT2D eigenvalue weighted by Gasteiger charge is -1.84. The highest BCUT2D eigenvalue weighted by Crippen LogP contribution is 2.14. The van der Waals surface area contributed by atoms with Crippen LogP contribution in [0.4, 0.5) is 5.95 Å². The largest absolute Gasteiger partial charge is 0.433 e. The SMILES string of the molecule is Cc1[nH]c([N+](=O)[O-])nc1Cl. The fraction of sp³-hybridized carbons (Fsp3) is 0.250. The molecule has 1 N–H and O–H groups in total. The molecule has 0 aliphatic rings. The Morgan fingerprint density at radius 3 is 2.60 bits per heavy atom. The molecular weight excluding hydrogens is 158 g/mol. The summed E-state index contributed by atoms with van der Waals surface area (Å²) >= 11 is 5.43. The molecular formula is C4H4ClN3O2. The van der Waals surface area contributed by atoms with Crippen LogP contribution in [0.3, 0.4) is 0 Å². The van der Waals surface area contributed by atoms with Gasteiger partial charge in [-0.2, -0.15) is 0 Å². The molecule has 0 saturated heterocycles. The normalized spacial score (nSPS) is 9.80. The monoisotopic (exact) mass is 161 g/mol. The fourth-order valence-corrected chi connectivity index (χ4v) is 0.638. The first-order valence-corrected chi connectivity index (χ1v) is 2.85. The van der Waals surface area contributed by atoms with E-state index in [0.717, 1.165) is 0 Å². The Bertz CT molecular complexity index is 250. The Morgan fingerprint density at radius 1 is 1.80 bits per heavy atom. The van der Waals surface area contributed by atoms with Crippen LogP contribution in [0, 0.1) is 17.0 Å². The average molecular weight is 162 g/mol. The van der Waals surface area contributed by atoms with E-state index in [-0.39, 0.29) is 11.1 Å². The molecule has 0 aromatic carbocycles. The average Bonchev–Trinajstić information content (AvgIpc) is 2.13. The molecule has 0 unspecified atom stereocenters. The Labute approximate surface area is 61.2 Å². The number of hydrogen-bond donors (Lipinski definition) is 1. The number of rotatable bonds is 1. The quantitative estimate of drug-likeness (QED) is 0.498. The second-order valence-electron chi connectivity index (χ2n) is 1.73. The van der Waals surface area contributed by atoms with Gasteiger partial charge in [0, 0.05) is 0 Å². The highest BCUT2D eigenvalue weighted by atomic mass is 35.5. The minimum absolute atomic E-state index is 0.145. The van der Waals surface area contributed by atoms with Gasteiger partial charge < -0.3 is 10.1 Å². The van der Waals surface area contributed by atoms with Crippen LogP contribution in [-0.4, -0.2) is 14.9 Å². The third-order valence-electron chi connectivity index (χ3n) is 0.986. The van der Waals surface area contributed by atoms with Crippen LogP contribution in [-0.2, 0) is 0 Å². The van der Waals surface area contributed by atoms with Crippen LogP contribution in [0.5, 0.6) is 0 Å². The van der Waals surface area contributed by atoms with Gasteiger partial charge in [0.25, 0.3) is 0 Å². The van der Waals surface area contributed by atoms with Gasteiger partial charge in [0.15, 0.2) is 0 Å². The number of H-pyrrole nitrogens is 1. The van der Waals surface area contributed by atoms with Gasteiger partial charge in [0.2, 0.25) is 5.15 Å². The highest BCUT2D eigenvalue weighted by molar-refractivity contribution is 6.30. The lowest BCUT2D eigenvalue weighted by molar-refractivity contribution is -0.393. The van der Waals surface area contributed by atoms with Crippen molar-refractivity contribution in [3.63, 3.8) is 0 Å². The molecule has 5 nitrogen and oxygen atoms in total. The zero-order valence-corrected chi connectivity index (χ0v) is 5.84. The van der Waals surface area contributed by atoms with Gasteiger partial charge in [-0.3, -0.25) is 0 Å². The number of aromatic nitrogens is 2. The maximum atomic E-state index is 10.0. The number of aryl methyl sites for hydroxylation is 1. The molecule has 0 spiro atoms. The summed E-state index contributed by atoms with van der Waals surface area (Å²) < 4.78 is 0. The number of nitrogens with zero attached hydrogens (tertiary/aromatic N) is 2. The lowest BCUT2D eigenvalue weighted by atomic mass is 10.6. The molecule has 6 heteroatoms. The first-order chi connectivity index (χ1) is 4.61. The summed E-state index contributed by atoms with van der Waals surface area (Å²) in [5, 5.41) is 10.2. The maximum Gasteiger partial charge on any atom is 0.433 e. The molecule has 0 bridgehead atoms. The molecule has 0 amide bonds. The Kier molecular flexibility index (Phi) is 1.58. The summed E-state index contributed by atoms with van der Waals surface area (Å²) in [4.78, 5) is 15.2. The van der Waals surface area contributed by atoms with Crippen molar-refractivity contribution in [3.05, 3.63) is 21.0 Å². The van der Waals surface area contributed by atoms with Gasteiger partial charge in [0.1, 0.15) is 5.69 Å². The smallest absolute Gasteiger partial charge is 0.390 e. The van der Waals surface area contributed by atoms with Gasteiger partial charge in [-0.25, -0.2) is 4.98 Å². The number of imidazole rings is 1. The summed E-state index contributed by atoms with van der Waals surface area (Å²) in [6, 6.07) is 0. The maximum absolute atomic E-state index is 10.0. The van der Waals surface area contributed by atoms with E-state index in [9.17, 15) is 10.1 Å². The summed E-state index contributed by atoms with van der Waals surface area (Å²) in [7, 11) is 0. The molecule has 1 aromatic heterocycles. The van der Waals surface area contributed by atoms with E-state index in [2.05, 4.69) is 9.97 Å². The zero-order chi connectivity index (χ0) is 7.72. The van der Waals surface area contributed by atoms with E-state index in [1.807, 2.05) is 0 Å². The number of nitro groups is 1. The predicted octanol–water partition coefficient (Wildman–Crippen LogP) is 1.28. The summed E-state index contributed by atoms with van der Waals surface area (Å²) in [5.74, 6) is -0.317. The molecule has 10 heavy (non-hydrogen) atoms. The van der Waals surface area contributed by atoms with E-state index in [1.165, 1.54) is 0 Å². The summed E-state index contributed by atoms with van der Waals surface area (Å²) in [6.07, 6.45) is 0. The van der Waals surface area contributed by atoms with Crippen molar-refractivity contribution < 1.29 is 4.92 Å². The van der Waals surface area contributed by atoms with Gasteiger partial charge >= 0.3 is 5.95 Å². The lowest BCUT2D eigenvalue weighted by Crippen LogP contribution is -1.88. The molecule has 0 aliphatic carbocycles. The van der Waals surface area contributed by atoms with Gasteiger partial charge in [-0.05, 0) is 23.4 Å². The summed E-state index contributed by atoms with van der Waals surface area (Å²) in [5.41, 5.74) is 0.508. The molecule has 0 atom stereocenters. The number of halogens is 1. The van der Waals surface area contributed by atoms with Crippen LogP contribution in [0.2, 0.25) is 5.15 Å². The van der Waals surface area contributed by atoms with Crippen molar-refractivity contribution in [1.29, 1.82) is 0 Å². The minimum Gasteiger partial charge on any atom is -0.390 e. The van der Waals surface area contributed by atoms with Crippen LogP contribution in [0.1, 0.15) is 5.69 Å². The van der Waals surface area contributed by atoms with Crippen LogP contribution < -0.4 is 0 Å². The summed E-state index contributed by atoms with van der Waals surface area (Å²) in [6.45, 7) is 1.61. The van der Waals surface area contributed by atoms with E-state index in [0.29, 0.717) is 5.69 Å². The number of nitrogens with one attached hydrogen (secondary N) is 1. The first-order valence-electron chi connectivity index (χ1n) is 2.47. The second kappa shape index (κ2) is 2.26. The molecule has 0 saturated carbocycles. The Morgan fingerprint density at radius 2 is 2.40 bits per heavy atom. The van der Waals surface area contributed by atoms with Crippen molar-refractivity contribution in [2.75, 3.05) is 0 Å². The fourth-order valence-electron chi connectivity index (χ4n) is 0.511. The standard InChI is InChI=1S/C4H4ClN3O2/c1-2-3(5)7-4(6-2)8(9)10/h1H3,(H,6,7). The molecule has 0 fully saturated rings. The number of aromatic amines is 1. The molecule has 1 heterocycles. The molecule has 1 rings (SSSR count). The van der Waals surface area contributed by atoms with Crippen molar-refractivity contribution in [2.45, 2.75) is 6.92 Å². The van der Waals surface area contributed by atoms with Gasteiger partial charge in [0.05, 0.1) is 0 Å². The van der Waals surface area contributed by atoms with Gasteiger partial charge in [-0.1, -0.05) is 4.98 Å². The molecule has 0 aliphatic heterocycles. The van der Waals surface area contributed by atoms with Crippen molar-refractivity contribution in [1.82, 2.24) is 9.97 Å². The topological polar surface area (TPSA) is 71.8 Å². The van der Waals surface area contributed by atoms with Gasteiger partial charge in [-0.15, -0.1) is 0 Å². The highest BCUT2D eigenvalue weighted by Gasteiger charge is 2.13. The molecule has 54 valence electrons. The van der Waals surface area contributed by atoms with Crippen molar-refractivity contribution in [2.24, 2.45) is 0 Å². The number of hydrogen-bond acceptors (Lipinski definition) is 3. The predicted molar refractivity (Wildman–Crippen MR) is 35.0 cm³/mol. The van der Waals surface area contributed by atoms with E-state index in [4.69, 9.17) is 11.6 Å². The third-order valence-corrected chi connectivity index (χ3v) is 1.35. The van der Waals surface area contributed by atoms with Crippen molar-refractivity contribution >= 4 is 17.5 Å². The van der Waals surface area contributed by atoms with Crippen LogP contribution >= 0.6 is 11.6 Å². The molecule has 0 radical (unpaired) electrons. The Balaban J connectivity index is 3.10. The van der Waals surface area contributed by atoms with E-state index < -0.39 is 4.92 Å². The van der Waals surface area contributed by atoms with Crippen molar-refractivity contribution in [3.8, 4) is 0 Å². The van der Waals surface area contributed by atoms with E-state index >= 15 is 0 Å². The zero-order valence-electron chi connectivity index (χ0n) is 5.09. The van der Waals surface area contributed by atoms with E-state index in [1.54, 1.807) is 6.92 Å². The third kappa shape index (κ3) is 1.08. The second-order valence-corrected chi connectivity index (χ2v) is 2.09.